The number of esters is 1. The van der Waals surface area contributed by atoms with E-state index in [1.165, 1.54) is 13.0 Å². The molecule has 0 saturated carbocycles. The third-order valence-electron chi connectivity index (χ3n) is 3.43. The van der Waals surface area contributed by atoms with E-state index in [4.69, 9.17) is 9.47 Å². The van der Waals surface area contributed by atoms with Crippen molar-refractivity contribution in [1.29, 1.82) is 0 Å². The lowest BCUT2D eigenvalue weighted by atomic mass is 10.1. The van der Waals surface area contributed by atoms with Crippen molar-refractivity contribution in [3.8, 4) is 17.2 Å². The summed E-state index contributed by atoms with van der Waals surface area (Å²) >= 11 is 0. The molecule has 5 heteroatoms. The minimum absolute atomic E-state index is 0.0270. The fraction of sp³-hybridized carbons (Fsp3) is 0.0526. The van der Waals surface area contributed by atoms with Gasteiger partial charge in [0.15, 0.2) is 11.5 Å². The number of para-hydroxylation sites is 1. The molecule has 24 heavy (non-hydrogen) atoms. The van der Waals surface area contributed by atoms with Crippen LogP contribution in [-0.4, -0.2) is 17.0 Å². The number of carbonyl (C=O) groups is 2. The number of hydrogen-bond acceptors (Lipinski definition) is 4. The zero-order valence-electron chi connectivity index (χ0n) is 12.9. The molecule has 0 fully saturated rings. The fourth-order valence-corrected chi connectivity index (χ4v) is 2.41. The standard InChI is InChI=1S/C19H14O5/c1-12(20)23-17-11-10-13-6-2-3-7-14(13)18(17)24-16-9-5-4-8-15(16)19(21)22/h2-11H,1H3,(H,21,22). The van der Waals surface area contributed by atoms with Crippen molar-refractivity contribution in [2.75, 3.05) is 0 Å². The highest BCUT2D eigenvalue weighted by atomic mass is 16.6. The predicted octanol–water partition coefficient (Wildman–Crippen LogP) is 4.26. The molecule has 0 spiro atoms. The van der Waals surface area contributed by atoms with Gasteiger partial charge in [-0.25, -0.2) is 4.79 Å². The molecule has 0 bridgehead atoms. The maximum Gasteiger partial charge on any atom is 0.339 e. The second-order valence-electron chi connectivity index (χ2n) is 5.11. The van der Waals surface area contributed by atoms with E-state index in [9.17, 15) is 14.7 Å². The molecule has 5 nitrogen and oxygen atoms in total. The molecule has 0 saturated heterocycles. The maximum absolute atomic E-state index is 11.4. The molecule has 0 aliphatic carbocycles. The quantitative estimate of drug-likeness (QED) is 0.574. The highest BCUT2D eigenvalue weighted by molar-refractivity contribution is 5.94. The van der Waals surface area contributed by atoms with E-state index < -0.39 is 11.9 Å². The Balaban J connectivity index is 2.17. The Bertz CT molecular complexity index is 930. The molecule has 120 valence electrons. The predicted molar refractivity (Wildman–Crippen MR) is 88.7 cm³/mol. The van der Waals surface area contributed by atoms with Crippen LogP contribution in [-0.2, 0) is 4.79 Å². The highest BCUT2D eigenvalue weighted by Crippen LogP contribution is 2.39. The molecular formula is C19H14O5. The van der Waals surface area contributed by atoms with Crippen LogP contribution in [0.3, 0.4) is 0 Å². The van der Waals surface area contributed by atoms with E-state index in [-0.39, 0.29) is 17.1 Å². The molecule has 1 N–H and O–H groups in total. The second-order valence-corrected chi connectivity index (χ2v) is 5.11. The first-order valence-electron chi connectivity index (χ1n) is 7.26. The summed E-state index contributed by atoms with van der Waals surface area (Å²) in [5.41, 5.74) is 0.0270. The normalized spacial score (nSPS) is 10.4. The summed E-state index contributed by atoms with van der Waals surface area (Å²) in [6.45, 7) is 1.30. The van der Waals surface area contributed by atoms with Crippen LogP contribution in [0.2, 0.25) is 0 Å². The van der Waals surface area contributed by atoms with Crippen molar-refractivity contribution in [2.24, 2.45) is 0 Å². The number of carboxylic acids is 1. The Kier molecular flexibility index (Phi) is 4.16. The van der Waals surface area contributed by atoms with Crippen LogP contribution < -0.4 is 9.47 Å². The zero-order chi connectivity index (χ0) is 17.1. The Morgan fingerprint density at radius 3 is 2.33 bits per heavy atom. The average Bonchev–Trinajstić information content (AvgIpc) is 2.57. The lowest BCUT2D eigenvalue weighted by Crippen LogP contribution is -2.04. The van der Waals surface area contributed by atoms with Crippen molar-refractivity contribution < 1.29 is 24.2 Å². The van der Waals surface area contributed by atoms with Crippen LogP contribution in [0.5, 0.6) is 17.2 Å². The van der Waals surface area contributed by atoms with Crippen LogP contribution in [0.4, 0.5) is 0 Å². The highest BCUT2D eigenvalue weighted by Gasteiger charge is 2.17. The minimum Gasteiger partial charge on any atom is -0.478 e. The van der Waals surface area contributed by atoms with Crippen molar-refractivity contribution in [3.63, 3.8) is 0 Å². The molecule has 0 radical (unpaired) electrons. The monoisotopic (exact) mass is 322 g/mol. The average molecular weight is 322 g/mol. The van der Waals surface area contributed by atoms with E-state index in [2.05, 4.69) is 0 Å². The first kappa shape index (κ1) is 15.6. The number of benzene rings is 3. The Morgan fingerprint density at radius 2 is 1.58 bits per heavy atom. The first-order chi connectivity index (χ1) is 11.6. The van der Waals surface area contributed by atoms with Gasteiger partial charge in [0.2, 0.25) is 0 Å². The molecule has 3 rings (SSSR count). The summed E-state index contributed by atoms with van der Waals surface area (Å²) in [6, 6.07) is 17.2. The summed E-state index contributed by atoms with van der Waals surface area (Å²) in [6.07, 6.45) is 0. The summed E-state index contributed by atoms with van der Waals surface area (Å²) in [5.74, 6) is -0.866. The Morgan fingerprint density at radius 1 is 0.875 bits per heavy atom. The van der Waals surface area contributed by atoms with Crippen LogP contribution in [0, 0.1) is 0 Å². The van der Waals surface area contributed by atoms with Gasteiger partial charge in [-0.05, 0) is 23.6 Å². The molecule has 3 aromatic rings. The number of carboxylic acid groups (broad SMARTS) is 1. The van der Waals surface area contributed by atoms with Gasteiger partial charge in [-0.3, -0.25) is 4.79 Å². The van der Waals surface area contributed by atoms with Gasteiger partial charge < -0.3 is 14.6 Å². The summed E-state index contributed by atoms with van der Waals surface area (Å²) < 4.78 is 11.1. The van der Waals surface area contributed by atoms with Crippen molar-refractivity contribution in [2.45, 2.75) is 6.92 Å². The number of rotatable bonds is 4. The Labute approximate surface area is 138 Å². The molecule has 0 heterocycles. The van der Waals surface area contributed by atoms with Crippen molar-refractivity contribution >= 4 is 22.7 Å². The maximum atomic E-state index is 11.4. The SMILES string of the molecule is CC(=O)Oc1ccc2ccccc2c1Oc1ccccc1C(=O)O. The third kappa shape index (κ3) is 3.05. The summed E-state index contributed by atoms with van der Waals surface area (Å²) in [4.78, 5) is 22.7. The fourth-order valence-electron chi connectivity index (χ4n) is 2.41. The Hall–Kier alpha value is -3.34. The largest absolute Gasteiger partial charge is 0.478 e. The topological polar surface area (TPSA) is 72.8 Å². The number of aromatic carboxylic acids is 1. The molecule has 0 aliphatic heterocycles. The number of fused-ring (bicyclic) bond motifs is 1. The summed E-state index contributed by atoms with van der Waals surface area (Å²) in [5, 5.41) is 10.9. The number of hydrogen-bond donors (Lipinski definition) is 1. The van der Waals surface area contributed by atoms with Crippen molar-refractivity contribution in [1.82, 2.24) is 0 Å². The zero-order valence-corrected chi connectivity index (χ0v) is 12.9. The van der Waals surface area contributed by atoms with Gasteiger partial charge in [-0.15, -0.1) is 0 Å². The smallest absolute Gasteiger partial charge is 0.339 e. The van der Waals surface area contributed by atoms with Gasteiger partial charge in [-0.2, -0.15) is 0 Å². The van der Waals surface area contributed by atoms with Crippen LogP contribution in [0.1, 0.15) is 17.3 Å². The van der Waals surface area contributed by atoms with Crippen LogP contribution in [0.25, 0.3) is 10.8 Å². The first-order valence-corrected chi connectivity index (χ1v) is 7.26. The molecule has 3 aromatic carbocycles. The number of carbonyl (C=O) groups excluding carboxylic acids is 1. The van der Waals surface area contributed by atoms with Crippen molar-refractivity contribution in [3.05, 3.63) is 66.2 Å². The second kappa shape index (κ2) is 6.42. The van der Waals surface area contributed by atoms with E-state index >= 15 is 0 Å². The molecule has 0 atom stereocenters. The van der Waals surface area contributed by atoms with Gasteiger partial charge in [0.1, 0.15) is 11.3 Å². The molecule has 0 unspecified atom stereocenters. The van der Waals surface area contributed by atoms with E-state index in [1.807, 2.05) is 30.3 Å². The van der Waals surface area contributed by atoms with Gasteiger partial charge in [0.25, 0.3) is 0 Å². The van der Waals surface area contributed by atoms with Gasteiger partial charge in [0, 0.05) is 12.3 Å². The van der Waals surface area contributed by atoms with E-state index in [0.29, 0.717) is 5.75 Å². The molecule has 0 amide bonds. The summed E-state index contributed by atoms with van der Waals surface area (Å²) in [7, 11) is 0. The van der Waals surface area contributed by atoms with Crippen LogP contribution in [0.15, 0.2) is 60.7 Å². The third-order valence-corrected chi connectivity index (χ3v) is 3.43. The van der Waals surface area contributed by atoms with Crippen LogP contribution >= 0.6 is 0 Å². The van der Waals surface area contributed by atoms with Gasteiger partial charge >= 0.3 is 11.9 Å². The van der Waals surface area contributed by atoms with E-state index in [1.54, 1.807) is 24.3 Å². The van der Waals surface area contributed by atoms with Gasteiger partial charge in [-0.1, -0.05) is 42.5 Å². The lowest BCUT2D eigenvalue weighted by molar-refractivity contribution is -0.131. The molecule has 0 aliphatic rings. The lowest BCUT2D eigenvalue weighted by Gasteiger charge is -2.14. The number of ether oxygens (including phenoxy) is 2. The van der Waals surface area contributed by atoms with Gasteiger partial charge in [0.05, 0.1) is 0 Å². The molecular weight excluding hydrogens is 308 g/mol. The van der Waals surface area contributed by atoms with E-state index in [0.717, 1.165) is 10.8 Å². The minimum atomic E-state index is -1.10. The molecule has 0 aromatic heterocycles.